The van der Waals surface area contributed by atoms with Crippen LogP contribution in [0, 0.1) is 11.3 Å². The van der Waals surface area contributed by atoms with Crippen LogP contribution in [0.2, 0.25) is 0 Å². The largest absolute Gasteiger partial charge is 0.463 e. The van der Waals surface area contributed by atoms with Gasteiger partial charge in [0, 0.05) is 18.2 Å². The van der Waals surface area contributed by atoms with Gasteiger partial charge in [0.2, 0.25) is 11.8 Å². The highest BCUT2D eigenvalue weighted by Gasteiger charge is 2.40. The van der Waals surface area contributed by atoms with Crippen molar-refractivity contribution < 1.29 is 19.1 Å². The van der Waals surface area contributed by atoms with Gasteiger partial charge in [0.1, 0.15) is 6.04 Å². The maximum absolute atomic E-state index is 13.9. The van der Waals surface area contributed by atoms with E-state index in [9.17, 15) is 14.4 Å². The number of carbonyl (C=O) groups excluding carboxylic acids is 3. The molecule has 34 heavy (non-hydrogen) atoms. The Hall–Kier alpha value is -1.89. The van der Waals surface area contributed by atoms with Crippen molar-refractivity contribution in [3.63, 3.8) is 0 Å². The highest BCUT2D eigenvalue weighted by atomic mass is 16.5. The average molecular weight is 480 g/mol. The minimum atomic E-state index is -0.673. The molecule has 1 N–H and O–H groups in total. The molecule has 7 heteroatoms. The van der Waals surface area contributed by atoms with E-state index in [4.69, 9.17) is 4.74 Å². The first kappa shape index (κ1) is 30.1. The number of rotatable bonds is 10. The third-order valence-corrected chi connectivity index (χ3v) is 6.59. The van der Waals surface area contributed by atoms with Crippen molar-refractivity contribution in [2.24, 2.45) is 11.3 Å². The number of hydrogen-bond donors (Lipinski definition) is 1. The van der Waals surface area contributed by atoms with Crippen LogP contribution in [0.15, 0.2) is 11.6 Å². The molecule has 0 aromatic rings. The number of likely N-dealkylation sites (tertiary alicyclic amines) is 1. The Kier molecular flexibility index (Phi) is 11.8. The van der Waals surface area contributed by atoms with Gasteiger partial charge < -0.3 is 15.0 Å². The van der Waals surface area contributed by atoms with E-state index < -0.39 is 11.5 Å². The molecule has 2 unspecified atom stereocenters. The van der Waals surface area contributed by atoms with Crippen molar-refractivity contribution in [2.45, 2.75) is 113 Å². The van der Waals surface area contributed by atoms with E-state index in [0.29, 0.717) is 18.7 Å². The van der Waals surface area contributed by atoms with Gasteiger partial charge in [0.05, 0.1) is 18.7 Å². The second-order valence-electron chi connectivity index (χ2n) is 11.1. The molecule has 0 saturated carbocycles. The van der Waals surface area contributed by atoms with Crippen LogP contribution in [0.25, 0.3) is 0 Å². The summed E-state index contributed by atoms with van der Waals surface area (Å²) in [5, 5.41) is 3.13. The first-order chi connectivity index (χ1) is 15.8. The van der Waals surface area contributed by atoms with Gasteiger partial charge >= 0.3 is 5.97 Å². The standard InChI is InChI=1S/C27H49N3O4/c1-11-29(22(18(3)4)17-20(7)26(33)34-12-2)25(32)23(27(8,9)10)28-24(31)21-15-13-14-16-30(21)19(5)6/h17-19,21-23H,11-16H2,1-10H3,(H,28,31)/b20-17+/t21-,22?,23?/m1/s1. The summed E-state index contributed by atoms with van der Waals surface area (Å²) in [7, 11) is 0. The molecule has 0 aliphatic carbocycles. The Morgan fingerprint density at radius 2 is 1.74 bits per heavy atom. The second-order valence-corrected chi connectivity index (χ2v) is 11.1. The van der Waals surface area contributed by atoms with Gasteiger partial charge in [0.15, 0.2) is 0 Å². The number of likely N-dealkylation sites (N-methyl/N-ethyl adjacent to an activating group) is 1. The van der Waals surface area contributed by atoms with E-state index in [1.807, 2.05) is 47.6 Å². The fraction of sp³-hybridized carbons (Fsp3) is 0.815. The summed E-state index contributed by atoms with van der Waals surface area (Å²) in [5.74, 6) is -0.485. The van der Waals surface area contributed by atoms with Crippen molar-refractivity contribution >= 4 is 17.8 Å². The molecule has 2 amide bonds. The lowest BCUT2D eigenvalue weighted by atomic mass is 9.84. The van der Waals surface area contributed by atoms with Crippen LogP contribution in [0.4, 0.5) is 0 Å². The van der Waals surface area contributed by atoms with Crippen molar-refractivity contribution in [3.05, 3.63) is 11.6 Å². The zero-order chi connectivity index (χ0) is 26.2. The number of esters is 1. The smallest absolute Gasteiger partial charge is 0.333 e. The van der Waals surface area contributed by atoms with Gasteiger partial charge in [-0.3, -0.25) is 14.5 Å². The zero-order valence-electron chi connectivity index (χ0n) is 23.2. The molecular formula is C27H49N3O4. The number of ether oxygens (including phenoxy) is 1. The lowest BCUT2D eigenvalue weighted by molar-refractivity contribution is -0.143. The molecule has 1 fully saturated rings. The van der Waals surface area contributed by atoms with Crippen LogP contribution < -0.4 is 5.32 Å². The summed E-state index contributed by atoms with van der Waals surface area (Å²) in [4.78, 5) is 43.6. The summed E-state index contributed by atoms with van der Waals surface area (Å²) in [6, 6.07) is -0.902. The highest BCUT2D eigenvalue weighted by Crippen LogP contribution is 2.26. The van der Waals surface area contributed by atoms with E-state index in [1.54, 1.807) is 18.7 Å². The Bertz CT molecular complexity index is 724. The van der Waals surface area contributed by atoms with Gasteiger partial charge in [-0.1, -0.05) is 47.1 Å². The fourth-order valence-corrected chi connectivity index (χ4v) is 4.63. The first-order valence-electron chi connectivity index (χ1n) is 13.0. The molecule has 1 aliphatic heterocycles. The lowest BCUT2D eigenvalue weighted by Gasteiger charge is -2.41. The summed E-state index contributed by atoms with van der Waals surface area (Å²) in [6.07, 6.45) is 4.75. The minimum absolute atomic E-state index is 0.0722. The Morgan fingerprint density at radius 3 is 2.21 bits per heavy atom. The van der Waals surface area contributed by atoms with Crippen molar-refractivity contribution in [1.82, 2.24) is 15.1 Å². The highest BCUT2D eigenvalue weighted by molar-refractivity contribution is 5.91. The molecular weight excluding hydrogens is 430 g/mol. The maximum Gasteiger partial charge on any atom is 0.333 e. The topological polar surface area (TPSA) is 79.0 Å². The quantitative estimate of drug-likeness (QED) is 0.376. The molecule has 1 heterocycles. The molecule has 0 radical (unpaired) electrons. The van der Waals surface area contributed by atoms with Crippen molar-refractivity contribution in [2.75, 3.05) is 19.7 Å². The van der Waals surface area contributed by atoms with E-state index in [-0.39, 0.29) is 41.8 Å². The number of hydrogen-bond acceptors (Lipinski definition) is 5. The number of nitrogens with zero attached hydrogens (tertiary/aromatic N) is 2. The SMILES string of the molecule is CCOC(=O)/C(C)=C/C(C(C)C)N(CC)C(=O)C(NC(=O)[C@H]1CCCCN1C(C)C)C(C)(C)C. The molecule has 1 rings (SSSR count). The number of nitrogens with one attached hydrogen (secondary N) is 1. The summed E-state index contributed by atoms with van der Waals surface area (Å²) in [6.45, 7) is 21.3. The molecule has 0 aromatic carbocycles. The molecule has 7 nitrogen and oxygen atoms in total. The van der Waals surface area contributed by atoms with Crippen LogP contribution in [-0.2, 0) is 19.1 Å². The molecule has 3 atom stereocenters. The average Bonchev–Trinajstić information content (AvgIpc) is 2.75. The van der Waals surface area contributed by atoms with E-state index in [2.05, 4.69) is 24.1 Å². The molecule has 1 saturated heterocycles. The van der Waals surface area contributed by atoms with Gasteiger partial charge in [-0.25, -0.2) is 4.79 Å². The summed E-state index contributed by atoms with van der Waals surface area (Å²) < 4.78 is 5.14. The summed E-state index contributed by atoms with van der Waals surface area (Å²) in [5.41, 5.74) is 0.0109. The van der Waals surface area contributed by atoms with Gasteiger partial charge in [-0.05, 0) is 65.3 Å². The Balaban J connectivity index is 3.24. The molecule has 196 valence electrons. The normalized spacial score (nSPS) is 19.6. The van der Waals surface area contributed by atoms with Crippen LogP contribution in [-0.4, -0.2) is 71.4 Å². The predicted molar refractivity (Wildman–Crippen MR) is 137 cm³/mol. The number of amides is 2. The van der Waals surface area contributed by atoms with E-state index >= 15 is 0 Å². The van der Waals surface area contributed by atoms with Gasteiger partial charge in [0.25, 0.3) is 0 Å². The van der Waals surface area contributed by atoms with E-state index in [1.165, 1.54) is 0 Å². The minimum Gasteiger partial charge on any atom is -0.463 e. The fourth-order valence-electron chi connectivity index (χ4n) is 4.63. The monoisotopic (exact) mass is 479 g/mol. The molecule has 0 bridgehead atoms. The predicted octanol–water partition coefficient (Wildman–Crippen LogP) is 4.16. The third kappa shape index (κ3) is 8.10. The summed E-state index contributed by atoms with van der Waals surface area (Å²) >= 11 is 0. The van der Waals surface area contributed by atoms with Crippen molar-refractivity contribution in [1.29, 1.82) is 0 Å². The zero-order valence-corrected chi connectivity index (χ0v) is 23.2. The second kappa shape index (κ2) is 13.3. The van der Waals surface area contributed by atoms with Crippen LogP contribution in [0.3, 0.4) is 0 Å². The number of piperidine rings is 1. The molecule has 0 aromatic heterocycles. The Morgan fingerprint density at radius 1 is 1.12 bits per heavy atom. The van der Waals surface area contributed by atoms with Crippen molar-refractivity contribution in [3.8, 4) is 0 Å². The van der Waals surface area contributed by atoms with Gasteiger partial charge in [-0.2, -0.15) is 0 Å². The van der Waals surface area contributed by atoms with Crippen LogP contribution >= 0.6 is 0 Å². The van der Waals surface area contributed by atoms with E-state index in [0.717, 1.165) is 25.8 Å². The van der Waals surface area contributed by atoms with Crippen LogP contribution in [0.5, 0.6) is 0 Å². The molecule has 0 spiro atoms. The maximum atomic E-state index is 13.9. The lowest BCUT2D eigenvalue weighted by Crippen LogP contribution is -2.61. The first-order valence-corrected chi connectivity index (χ1v) is 13.0. The Labute approximate surface area is 207 Å². The molecule has 1 aliphatic rings. The number of carbonyl (C=O) groups is 3. The van der Waals surface area contributed by atoms with Gasteiger partial charge in [-0.15, -0.1) is 0 Å². The third-order valence-electron chi connectivity index (χ3n) is 6.59. The van der Waals surface area contributed by atoms with Crippen LogP contribution in [0.1, 0.15) is 88.5 Å².